The SMILES string of the molecule is COc1ccccc1NC(=O)NCc1ccc(-c2cccc(F)c2)c2ccncc12. The summed E-state index contributed by atoms with van der Waals surface area (Å²) in [5, 5.41) is 7.50. The number of hydrogen-bond acceptors (Lipinski definition) is 3. The van der Waals surface area contributed by atoms with Gasteiger partial charge in [-0.25, -0.2) is 9.18 Å². The number of pyridine rings is 1. The van der Waals surface area contributed by atoms with E-state index in [1.165, 1.54) is 12.1 Å². The van der Waals surface area contributed by atoms with Crippen LogP contribution in [0.1, 0.15) is 5.56 Å². The molecule has 0 aliphatic heterocycles. The molecule has 150 valence electrons. The van der Waals surface area contributed by atoms with Crippen LogP contribution < -0.4 is 15.4 Å². The average Bonchev–Trinajstić information content (AvgIpc) is 2.77. The maximum absolute atomic E-state index is 13.7. The number of halogens is 1. The fraction of sp³-hybridized carbons (Fsp3) is 0.0833. The lowest BCUT2D eigenvalue weighted by Gasteiger charge is -2.13. The number of hydrogen-bond donors (Lipinski definition) is 2. The molecule has 0 aliphatic carbocycles. The highest BCUT2D eigenvalue weighted by Crippen LogP contribution is 2.31. The van der Waals surface area contributed by atoms with E-state index in [-0.39, 0.29) is 11.8 Å². The molecule has 4 rings (SSSR count). The van der Waals surface area contributed by atoms with Gasteiger partial charge >= 0.3 is 6.03 Å². The molecule has 0 bridgehead atoms. The lowest BCUT2D eigenvalue weighted by molar-refractivity contribution is 0.251. The molecule has 2 amide bonds. The number of fused-ring (bicyclic) bond motifs is 1. The number of amides is 2. The van der Waals surface area contributed by atoms with Crippen LogP contribution in [0, 0.1) is 5.82 Å². The van der Waals surface area contributed by atoms with Crippen molar-refractivity contribution in [1.82, 2.24) is 10.3 Å². The predicted octanol–water partition coefficient (Wildman–Crippen LogP) is 5.37. The highest BCUT2D eigenvalue weighted by atomic mass is 19.1. The van der Waals surface area contributed by atoms with Gasteiger partial charge in [0.1, 0.15) is 11.6 Å². The Balaban J connectivity index is 1.57. The first kappa shape index (κ1) is 19.4. The maximum Gasteiger partial charge on any atom is 0.319 e. The third-order valence-electron chi connectivity index (χ3n) is 4.84. The molecule has 0 atom stereocenters. The van der Waals surface area contributed by atoms with Gasteiger partial charge in [-0.3, -0.25) is 4.98 Å². The second kappa shape index (κ2) is 8.61. The zero-order valence-electron chi connectivity index (χ0n) is 16.4. The van der Waals surface area contributed by atoms with E-state index in [0.717, 1.165) is 27.5 Å². The van der Waals surface area contributed by atoms with Gasteiger partial charge in [0.05, 0.1) is 12.8 Å². The van der Waals surface area contributed by atoms with Crippen LogP contribution in [-0.2, 0) is 6.54 Å². The average molecular weight is 401 g/mol. The zero-order valence-corrected chi connectivity index (χ0v) is 16.4. The Bertz CT molecular complexity index is 1210. The molecule has 0 fully saturated rings. The lowest BCUT2D eigenvalue weighted by atomic mass is 9.96. The van der Waals surface area contributed by atoms with Crippen LogP contribution in [0.2, 0.25) is 0 Å². The van der Waals surface area contributed by atoms with Gasteiger partial charge in [-0.1, -0.05) is 36.4 Å². The van der Waals surface area contributed by atoms with Crippen LogP contribution >= 0.6 is 0 Å². The summed E-state index contributed by atoms with van der Waals surface area (Å²) in [6.07, 6.45) is 3.46. The standard InChI is InChI=1S/C24H20FN3O2/c1-30-23-8-3-2-7-22(23)28-24(29)27-14-17-9-10-19(16-5-4-6-18(25)13-16)20-11-12-26-15-21(17)20/h2-13,15H,14H2,1H3,(H2,27,28,29). The molecular formula is C24H20FN3O2. The van der Waals surface area contributed by atoms with E-state index >= 15 is 0 Å². The molecule has 1 aromatic heterocycles. The predicted molar refractivity (Wildman–Crippen MR) is 116 cm³/mol. The number of aromatic nitrogens is 1. The molecule has 0 saturated heterocycles. The minimum atomic E-state index is -0.342. The fourth-order valence-corrected chi connectivity index (χ4v) is 3.40. The molecule has 0 spiro atoms. The molecule has 2 N–H and O–H groups in total. The van der Waals surface area contributed by atoms with E-state index < -0.39 is 0 Å². The van der Waals surface area contributed by atoms with Gasteiger partial charge in [-0.05, 0) is 52.4 Å². The number of ether oxygens (including phenoxy) is 1. The Hall–Kier alpha value is -3.93. The molecule has 6 heteroatoms. The van der Waals surface area contributed by atoms with Crippen molar-refractivity contribution in [3.05, 3.63) is 90.5 Å². The molecule has 5 nitrogen and oxygen atoms in total. The van der Waals surface area contributed by atoms with Crippen molar-refractivity contribution in [2.24, 2.45) is 0 Å². The molecule has 1 heterocycles. The highest BCUT2D eigenvalue weighted by Gasteiger charge is 2.11. The Morgan fingerprint density at radius 1 is 1.03 bits per heavy atom. The Morgan fingerprint density at radius 2 is 1.90 bits per heavy atom. The van der Waals surface area contributed by atoms with Gasteiger partial charge in [-0.15, -0.1) is 0 Å². The summed E-state index contributed by atoms with van der Waals surface area (Å²) in [6, 6.07) is 19.1. The summed E-state index contributed by atoms with van der Waals surface area (Å²) in [5.74, 6) is 0.301. The van der Waals surface area contributed by atoms with E-state index in [2.05, 4.69) is 15.6 Å². The molecular weight excluding hydrogens is 381 g/mol. The molecule has 30 heavy (non-hydrogen) atoms. The van der Waals surface area contributed by atoms with Crippen LogP contribution in [0.5, 0.6) is 5.75 Å². The van der Waals surface area contributed by atoms with Crippen molar-refractivity contribution in [2.45, 2.75) is 6.54 Å². The summed E-state index contributed by atoms with van der Waals surface area (Å²) >= 11 is 0. The summed E-state index contributed by atoms with van der Waals surface area (Å²) < 4.78 is 19.0. The molecule has 0 radical (unpaired) electrons. The summed E-state index contributed by atoms with van der Waals surface area (Å²) in [5.41, 5.74) is 3.20. The van der Waals surface area contributed by atoms with E-state index in [0.29, 0.717) is 18.0 Å². The highest BCUT2D eigenvalue weighted by molar-refractivity contribution is 5.98. The van der Waals surface area contributed by atoms with Crippen LogP contribution in [0.3, 0.4) is 0 Å². The molecule has 0 saturated carbocycles. The van der Waals surface area contributed by atoms with Gasteiger partial charge in [0.15, 0.2) is 0 Å². The van der Waals surface area contributed by atoms with Crippen molar-refractivity contribution >= 4 is 22.5 Å². The second-order valence-electron chi connectivity index (χ2n) is 6.71. The van der Waals surface area contributed by atoms with E-state index in [4.69, 9.17) is 4.74 Å². The Morgan fingerprint density at radius 3 is 2.73 bits per heavy atom. The zero-order chi connectivity index (χ0) is 20.9. The minimum absolute atomic E-state index is 0.284. The molecule has 0 aliphatic rings. The molecule has 4 aromatic rings. The first-order chi connectivity index (χ1) is 14.7. The van der Waals surface area contributed by atoms with Gasteiger partial charge in [0, 0.05) is 24.3 Å². The number of anilines is 1. The number of para-hydroxylation sites is 2. The third-order valence-corrected chi connectivity index (χ3v) is 4.84. The quantitative estimate of drug-likeness (QED) is 0.472. The van der Waals surface area contributed by atoms with Gasteiger partial charge in [0.25, 0.3) is 0 Å². The Labute approximate surface area is 173 Å². The lowest BCUT2D eigenvalue weighted by Crippen LogP contribution is -2.28. The monoisotopic (exact) mass is 401 g/mol. The first-order valence-corrected chi connectivity index (χ1v) is 9.45. The van der Waals surface area contributed by atoms with Gasteiger partial charge in [0.2, 0.25) is 0 Å². The number of benzene rings is 3. The number of rotatable bonds is 5. The van der Waals surface area contributed by atoms with Crippen LogP contribution in [0.25, 0.3) is 21.9 Å². The number of carbonyl (C=O) groups is 1. The van der Waals surface area contributed by atoms with Crippen molar-refractivity contribution in [2.75, 3.05) is 12.4 Å². The summed E-state index contributed by atoms with van der Waals surface area (Å²) in [4.78, 5) is 16.6. The maximum atomic E-state index is 13.7. The topological polar surface area (TPSA) is 63.2 Å². The van der Waals surface area contributed by atoms with Crippen molar-refractivity contribution in [3.63, 3.8) is 0 Å². The smallest absolute Gasteiger partial charge is 0.319 e. The van der Waals surface area contributed by atoms with Crippen molar-refractivity contribution in [3.8, 4) is 16.9 Å². The molecule has 0 unspecified atom stereocenters. The largest absolute Gasteiger partial charge is 0.495 e. The number of nitrogens with zero attached hydrogens (tertiary/aromatic N) is 1. The van der Waals surface area contributed by atoms with Crippen LogP contribution in [0.15, 0.2) is 79.1 Å². The van der Waals surface area contributed by atoms with E-state index in [1.54, 1.807) is 37.7 Å². The van der Waals surface area contributed by atoms with E-state index in [9.17, 15) is 9.18 Å². The fourth-order valence-electron chi connectivity index (χ4n) is 3.40. The Kier molecular flexibility index (Phi) is 5.57. The van der Waals surface area contributed by atoms with Crippen molar-refractivity contribution in [1.29, 1.82) is 0 Å². The summed E-state index contributed by atoms with van der Waals surface area (Å²) in [6.45, 7) is 0.312. The normalized spacial score (nSPS) is 10.6. The van der Waals surface area contributed by atoms with Gasteiger partial charge < -0.3 is 15.4 Å². The second-order valence-corrected chi connectivity index (χ2v) is 6.71. The number of nitrogens with one attached hydrogen (secondary N) is 2. The van der Waals surface area contributed by atoms with Crippen molar-refractivity contribution < 1.29 is 13.9 Å². The van der Waals surface area contributed by atoms with Crippen LogP contribution in [0.4, 0.5) is 14.9 Å². The number of methoxy groups -OCH3 is 1. The number of urea groups is 1. The van der Waals surface area contributed by atoms with Crippen LogP contribution in [-0.4, -0.2) is 18.1 Å². The van der Waals surface area contributed by atoms with Gasteiger partial charge in [-0.2, -0.15) is 0 Å². The summed E-state index contributed by atoms with van der Waals surface area (Å²) in [7, 11) is 1.55. The third kappa shape index (κ3) is 4.07. The minimum Gasteiger partial charge on any atom is -0.495 e. The van der Waals surface area contributed by atoms with E-state index in [1.807, 2.05) is 36.4 Å². The molecule has 3 aromatic carbocycles. The first-order valence-electron chi connectivity index (χ1n) is 9.45. The number of carbonyl (C=O) groups excluding carboxylic acids is 1.